The molecule has 1 amide bonds. The van der Waals surface area contributed by atoms with Crippen molar-refractivity contribution in [1.82, 2.24) is 9.37 Å². The highest BCUT2D eigenvalue weighted by atomic mass is 32.2. The van der Waals surface area contributed by atoms with Gasteiger partial charge in [-0.2, -0.15) is 0 Å². The number of para-hydroxylation sites is 1. The van der Waals surface area contributed by atoms with Crippen molar-refractivity contribution in [2.24, 2.45) is 0 Å². The molecule has 0 N–H and O–H groups in total. The van der Waals surface area contributed by atoms with Gasteiger partial charge in [-0.05, 0) is 45.2 Å². The Bertz CT molecular complexity index is 1120. The van der Waals surface area contributed by atoms with E-state index >= 15 is 0 Å². The minimum atomic E-state index is -4.44. The number of hydrogen-bond acceptors (Lipinski definition) is 7. The molecule has 1 fully saturated rings. The lowest BCUT2D eigenvalue weighted by Gasteiger charge is -2.38. The van der Waals surface area contributed by atoms with E-state index in [-0.39, 0.29) is 13.2 Å². The lowest BCUT2D eigenvalue weighted by molar-refractivity contribution is -0.388. The van der Waals surface area contributed by atoms with Crippen LogP contribution in [0, 0.1) is 10.1 Å². The summed E-state index contributed by atoms with van der Waals surface area (Å²) in [6.45, 7) is 5.62. The number of sulfonamides is 1. The van der Waals surface area contributed by atoms with Crippen LogP contribution in [0.5, 0.6) is 0 Å². The number of nitro benzene ring substituents is 1. The Morgan fingerprint density at radius 2 is 1.79 bits per heavy atom. The predicted octanol–water partition coefficient (Wildman–Crippen LogP) is 4.12. The second-order valence-corrected chi connectivity index (χ2v) is 10.7. The Morgan fingerprint density at radius 1 is 1.15 bits per heavy atom. The third kappa shape index (κ3) is 6.31. The van der Waals surface area contributed by atoms with Crippen LogP contribution in [-0.2, 0) is 26.2 Å². The molecule has 2 aromatic rings. The van der Waals surface area contributed by atoms with Gasteiger partial charge < -0.3 is 9.64 Å². The van der Waals surface area contributed by atoms with E-state index in [1.54, 1.807) is 45.0 Å². The largest absolute Gasteiger partial charge is 0.444 e. The van der Waals surface area contributed by atoms with Gasteiger partial charge in [0.2, 0.25) is 0 Å². The molecule has 1 aliphatic heterocycles. The van der Waals surface area contributed by atoms with Crippen LogP contribution in [0.2, 0.25) is 0 Å². The van der Waals surface area contributed by atoms with E-state index < -0.39 is 43.3 Å². The van der Waals surface area contributed by atoms with Crippen LogP contribution in [0.15, 0.2) is 59.5 Å². The molecule has 0 radical (unpaired) electrons. The second-order valence-electron chi connectivity index (χ2n) is 8.97. The standard InChI is InChI=1S/C23H29N3O7S/c1-23(2,3)33-22(27)24-15-9-12-19(16-24)26(32-17-18-10-5-4-6-11-18)34(30,31)21-14-8-7-13-20(21)25(28)29/h4-8,10-11,13-14,19H,9,12,15-17H2,1-3H3. The zero-order valence-corrected chi connectivity index (χ0v) is 20.2. The lowest BCUT2D eigenvalue weighted by atomic mass is 10.1. The topological polar surface area (TPSA) is 119 Å². The molecule has 0 aromatic heterocycles. The van der Waals surface area contributed by atoms with Gasteiger partial charge in [-0.15, -0.1) is 0 Å². The number of nitrogens with zero attached hydrogens (tertiary/aromatic N) is 3. The molecule has 0 spiro atoms. The summed E-state index contributed by atoms with van der Waals surface area (Å²) in [6, 6.07) is 13.4. The number of rotatable bonds is 7. The lowest BCUT2D eigenvalue weighted by Crippen LogP contribution is -2.52. The highest BCUT2D eigenvalue weighted by Crippen LogP contribution is 2.31. The molecular weight excluding hydrogens is 462 g/mol. The van der Waals surface area contributed by atoms with Crippen molar-refractivity contribution in [3.63, 3.8) is 0 Å². The number of hydrogen-bond donors (Lipinski definition) is 0. The SMILES string of the molecule is CC(C)(C)OC(=O)N1CCCC(N(OCc2ccccc2)S(=O)(=O)c2ccccc2[N+](=O)[O-])C1. The van der Waals surface area contributed by atoms with Crippen LogP contribution in [0.4, 0.5) is 10.5 Å². The number of benzene rings is 2. The predicted molar refractivity (Wildman–Crippen MR) is 124 cm³/mol. The fraction of sp³-hybridized carbons (Fsp3) is 0.435. The van der Waals surface area contributed by atoms with Gasteiger partial charge in [0.1, 0.15) is 5.60 Å². The van der Waals surface area contributed by atoms with Crippen LogP contribution >= 0.6 is 0 Å². The first kappa shape index (κ1) is 25.6. The van der Waals surface area contributed by atoms with Crippen molar-refractivity contribution in [3.05, 3.63) is 70.3 Å². The van der Waals surface area contributed by atoms with E-state index in [2.05, 4.69) is 0 Å². The van der Waals surface area contributed by atoms with Gasteiger partial charge in [0.25, 0.3) is 15.7 Å². The smallest absolute Gasteiger partial charge is 0.410 e. The van der Waals surface area contributed by atoms with E-state index in [0.717, 1.165) is 16.1 Å². The molecule has 1 unspecified atom stereocenters. The van der Waals surface area contributed by atoms with Crippen molar-refractivity contribution >= 4 is 21.8 Å². The third-order valence-electron chi connectivity index (χ3n) is 5.12. The summed E-state index contributed by atoms with van der Waals surface area (Å²) in [4.78, 5) is 30.2. The van der Waals surface area contributed by atoms with Crippen molar-refractivity contribution in [2.45, 2.75) is 56.8 Å². The Labute approximate surface area is 199 Å². The number of nitro groups is 1. The Hall–Kier alpha value is -3.02. The van der Waals surface area contributed by atoms with E-state index in [9.17, 15) is 23.3 Å². The molecule has 1 saturated heterocycles. The first-order valence-electron chi connectivity index (χ1n) is 10.9. The molecule has 1 atom stereocenters. The zero-order valence-electron chi connectivity index (χ0n) is 19.4. The summed E-state index contributed by atoms with van der Waals surface area (Å²) >= 11 is 0. The maximum atomic E-state index is 13.6. The normalized spacial score (nSPS) is 16.9. The molecule has 0 aliphatic carbocycles. The van der Waals surface area contributed by atoms with Crippen LogP contribution in [-0.4, -0.2) is 53.5 Å². The molecular formula is C23H29N3O7S. The van der Waals surface area contributed by atoms with Gasteiger partial charge >= 0.3 is 6.09 Å². The van der Waals surface area contributed by atoms with Crippen LogP contribution < -0.4 is 0 Å². The summed E-state index contributed by atoms with van der Waals surface area (Å²) < 4.78 is 33.6. The third-order valence-corrected chi connectivity index (χ3v) is 6.90. The first-order chi connectivity index (χ1) is 16.0. The molecule has 1 aliphatic rings. The van der Waals surface area contributed by atoms with Gasteiger partial charge in [-0.1, -0.05) is 46.9 Å². The summed E-state index contributed by atoms with van der Waals surface area (Å²) in [6.07, 6.45) is 0.374. The maximum absolute atomic E-state index is 13.6. The number of amides is 1. The van der Waals surface area contributed by atoms with Crippen LogP contribution in [0.1, 0.15) is 39.2 Å². The number of ether oxygens (including phenoxy) is 1. The molecule has 184 valence electrons. The summed E-state index contributed by atoms with van der Waals surface area (Å²) in [5, 5.41) is 11.5. The van der Waals surface area contributed by atoms with E-state index in [4.69, 9.17) is 9.57 Å². The molecule has 34 heavy (non-hydrogen) atoms. The molecule has 3 rings (SSSR count). The average molecular weight is 492 g/mol. The Kier molecular flexibility index (Phi) is 7.90. The van der Waals surface area contributed by atoms with E-state index in [1.165, 1.54) is 23.1 Å². The second kappa shape index (κ2) is 10.5. The van der Waals surface area contributed by atoms with Crippen molar-refractivity contribution < 1.29 is 27.7 Å². The minimum Gasteiger partial charge on any atom is -0.444 e. The molecule has 2 aromatic carbocycles. The fourth-order valence-corrected chi connectivity index (χ4v) is 5.23. The quantitative estimate of drug-likeness (QED) is 0.422. The summed E-state index contributed by atoms with van der Waals surface area (Å²) in [5.74, 6) is 0. The van der Waals surface area contributed by atoms with E-state index in [1.807, 2.05) is 6.07 Å². The summed E-state index contributed by atoms with van der Waals surface area (Å²) in [7, 11) is -4.44. The van der Waals surface area contributed by atoms with Gasteiger partial charge in [0.05, 0.1) is 17.6 Å². The highest BCUT2D eigenvalue weighted by molar-refractivity contribution is 7.89. The average Bonchev–Trinajstić information content (AvgIpc) is 2.79. The van der Waals surface area contributed by atoms with E-state index in [0.29, 0.717) is 19.4 Å². The van der Waals surface area contributed by atoms with Crippen LogP contribution in [0.3, 0.4) is 0 Å². The number of hydroxylamine groups is 1. The minimum absolute atomic E-state index is 0.0313. The molecule has 0 bridgehead atoms. The number of carbonyl (C=O) groups excluding carboxylic acids is 1. The zero-order chi connectivity index (χ0) is 24.9. The van der Waals surface area contributed by atoms with Gasteiger partial charge in [-0.25, -0.2) is 13.2 Å². The fourth-order valence-electron chi connectivity index (χ4n) is 3.63. The monoisotopic (exact) mass is 491 g/mol. The highest BCUT2D eigenvalue weighted by Gasteiger charge is 2.40. The number of likely N-dealkylation sites (tertiary alicyclic amines) is 1. The van der Waals surface area contributed by atoms with Crippen molar-refractivity contribution in [2.75, 3.05) is 13.1 Å². The maximum Gasteiger partial charge on any atom is 0.410 e. The van der Waals surface area contributed by atoms with Gasteiger partial charge in [0.15, 0.2) is 4.90 Å². The van der Waals surface area contributed by atoms with Crippen LogP contribution in [0.25, 0.3) is 0 Å². The summed E-state index contributed by atoms with van der Waals surface area (Å²) in [5.41, 5.74) is -0.523. The number of carbonyl (C=O) groups is 1. The van der Waals surface area contributed by atoms with Gasteiger partial charge in [-0.3, -0.25) is 15.0 Å². The molecule has 10 nitrogen and oxygen atoms in total. The molecule has 0 saturated carbocycles. The van der Waals surface area contributed by atoms with Gasteiger partial charge in [0, 0.05) is 19.2 Å². The van der Waals surface area contributed by atoms with Crippen molar-refractivity contribution in [3.8, 4) is 0 Å². The molecule has 11 heteroatoms. The Morgan fingerprint density at radius 3 is 2.44 bits per heavy atom. The first-order valence-corrected chi connectivity index (χ1v) is 12.4. The van der Waals surface area contributed by atoms with Crippen molar-refractivity contribution in [1.29, 1.82) is 0 Å². The number of piperidine rings is 1. The molecule has 1 heterocycles. The Balaban J connectivity index is 1.94.